The third-order valence-corrected chi connectivity index (χ3v) is 10.1. The van der Waals surface area contributed by atoms with Crippen molar-refractivity contribution in [3.05, 3.63) is 18.5 Å². The Labute approximate surface area is 141 Å². The molecule has 24 heavy (non-hydrogen) atoms. The van der Waals surface area contributed by atoms with Crippen molar-refractivity contribution < 1.29 is 21.6 Å². The monoisotopic (exact) mass is 373 g/mol. The fourth-order valence-electron chi connectivity index (χ4n) is 3.55. The molecule has 1 aromatic rings. The number of aromatic nitrogens is 2. The molecule has 3 aliphatic rings. The van der Waals surface area contributed by atoms with Crippen LogP contribution in [0, 0.1) is 5.92 Å². The van der Waals surface area contributed by atoms with Gasteiger partial charge in [-0.05, 0) is 25.3 Å². The van der Waals surface area contributed by atoms with Crippen molar-refractivity contribution in [3.8, 4) is 6.01 Å². The second-order valence-electron chi connectivity index (χ2n) is 6.72. The Morgan fingerprint density at radius 2 is 1.88 bits per heavy atom. The van der Waals surface area contributed by atoms with Gasteiger partial charge >= 0.3 is 6.01 Å². The maximum Gasteiger partial charge on any atom is 0.316 e. The van der Waals surface area contributed by atoms with E-state index >= 15 is 0 Å². The molecule has 4 rings (SSSR count). The Hall–Kier alpha value is -1.26. The van der Waals surface area contributed by atoms with Gasteiger partial charge in [0.1, 0.15) is 4.75 Å². The van der Waals surface area contributed by atoms with E-state index in [1.165, 1.54) is 4.31 Å². The van der Waals surface area contributed by atoms with Crippen LogP contribution in [-0.2, 0) is 19.9 Å². The fourth-order valence-corrected chi connectivity index (χ4v) is 8.09. The van der Waals surface area contributed by atoms with Crippen LogP contribution in [0.3, 0.4) is 0 Å². The van der Waals surface area contributed by atoms with Gasteiger partial charge < -0.3 is 4.74 Å². The third kappa shape index (κ3) is 2.42. The highest BCUT2D eigenvalue weighted by atomic mass is 32.2. The van der Waals surface area contributed by atoms with Gasteiger partial charge in [-0.3, -0.25) is 0 Å². The van der Waals surface area contributed by atoms with Crippen molar-refractivity contribution >= 4 is 19.9 Å². The van der Waals surface area contributed by atoms with Crippen LogP contribution in [0.2, 0.25) is 0 Å². The summed E-state index contributed by atoms with van der Waals surface area (Å²) < 4.78 is 55.5. The second kappa shape index (κ2) is 5.37. The van der Waals surface area contributed by atoms with Gasteiger partial charge in [-0.2, -0.15) is 4.31 Å². The number of nitrogens with zero attached hydrogens (tertiary/aromatic N) is 3. The van der Waals surface area contributed by atoms with Crippen LogP contribution >= 0.6 is 0 Å². The van der Waals surface area contributed by atoms with Gasteiger partial charge in [0.25, 0.3) is 0 Å². The van der Waals surface area contributed by atoms with E-state index in [4.69, 9.17) is 4.74 Å². The lowest BCUT2D eigenvalue weighted by molar-refractivity contribution is 0.120. The lowest BCUT2D eigenvalue weighted by Crippen LogP contribution is -2.69. The number of hydrogen-bond acceptors (Lipinski definition) is 7. The Morgan fingerprint density at radius 1 is 1.21 bits per heavy atom. The Morgan fingerprint density at radius 3 is 2.50 bits per heavy atom. The van der Waals surface area contributed by atoms with Crippen LogP contribution in [0.25, 0.3) is 0 Å². The zero-order valence-corrected chi connectivity index (χ0v) is 14.7. The molecule has 3 fully saturated rings. The quantitative estimate of drug-likeness (QED) is 0.706. The van der Waals surface area contributed by atoms with Gasteiger partial charge in [0.2, 0.25) is 10.0 Å². The normalized spacial score (nSPS) is 28.6. The summed E-state index contributed by atoms with van der Waals surface area (Å²) in [5.74, 6) is -0.162. The molecule has 1 saturated carbocycles. The summed E-state index contributed by atoms with van der Waals surface area (Å²) >= 11 is 0. The summed E-state index contributed by atoms with van der Waals surface area (Å²) in [6.45, 7) is 0.288. The van der Waals surface area contributed by atoms with Gasteiger partial charge in [0, 0.05) is 31.4 Å². The van der Waals surface area contributed by atoms with Gasteiger partial charge in [-0.1, -0.05) is 0 Å². The lowest BCUT2D eigenvalue weighted by Gasteiger charge is -2.48. The molecule has 1 spiro atoms. The van der Waals surface area contributed by atoms with Crippen molar-refractivity contribution in [1.82, 2.24) is 14.3 Å². The number of hydrogen-bond donors (Lipinski definition) is 0. The summed E-state index contributed by atoms with van der Waals surface area (Å²) in [6, 6.07) is 1.87. The fraction of sp³-hybridized carbons (Fsp3) is 0.714. The van der Waals surface area contributed by atoms with Crippen LogP contribution in [0.1, 0.15) is 19.3 Å². The molecule has 132 valence electrons. The number of ether oxygens (including phenoxy) is 1. The van der Waals surface area contributed by atoms with E-state index in [9.17, 15) is 16.8 Å². The first-order valence-corrected chi connectivity index (χ1v) is 11.1. The number of sulfonamides is 1. The molecule has 0 N–H and O–H groups in total. The van der Waals surface area contributed by atoms with E-state index in [1.807, 2.05) is 0 Å². The average Bonchev–Trinajstić information content (AvgIpc) is 3.30. The zero-order valence-electron chi connectivity index (χ0n) is 13.0. The lowest BCUT2D eigenvalue weighted by atomic mass is 9.85. The standard InChI is InChI=1S/C14H19N3O5S2/c18-23(19)7-4-11(8-22-13-15-5-1-6-16-13)14(23)9-17(10-14)24(20,21)12-2-3-12/h1,5-6,11-12H,2-4,7-10H2/t11-/m0/s1. The summed E-state index contributed by atoms with van der Waals surface area (Å²) in [5, 5.41) is -0.314. The van der Waals surface area contributed by atoms with E-state index in [2.05, 4.69) is 9.97 Å². The van der Waals surface area contributed by atoms with Crippen molar-refractivity contribution in [1.29, 1.82) is 0 Å². The van der Waals surface area contributed by atoms with E-state index < -0.39 is 24.6 Å². The molecule has 1 aliphatic carbocycles. The SMILES string of the molecule is O=S(=O)(C1CC1)N1CC2(C1)[C@H](COc1ncccn1)CCS2(=O)=O. The minimum atomic E-state index is -3.33. The van der Waals surface area contributed by atoms with Crippen LogP contribution in [0.5, 0.6) is 6.01 Å². The summed E-state index contributed by atoms with van der Waals surface area (Å²) in [4.78, 5) is 7.93. The summed E-state index contributed by atoms with van der Waals surface area (Å²) in [6.07, 6.45) is 4.94. The number of rotatable bonds is 5. The first kappa shape index (κ1) is 16.2. The van der Waals surface area contributed by atoms with Crippen LogP contribution in [0.4, 0.5) is 0 Å². The van der Waals surface area contributed by atoms with Crippen LogP contribution < -0.4 is 4.74 Å². The molecule has 10 heteroatoms. The summed E-state index contributed by atoms with van der Waals surface area (Å²) in [5.41, 5.74) is 0. The molecule has 8 nitrogen and oxygen atoms in total. The van der Waals surface area contributed by atoms with Crippen molar-refractivity contribution in [2.24, 2.45) is 5.92 Å². The van der Waals surface area contributed by atoms with E-state index in [1.54, 1.807) is 18.5 Å². The van der Waals surface area contributed by atoms with E-state index in [0.29, 0.717) is 19.3 Å². The molecule has 0 bridgehead atoms. The van der Waals surface area contributed by atoms with Gasteiger partial charge in [-0.15, -0.1) is 0 Å². The summed E-state index contributed by atoms with van der Waals surface area (Å²) in [7, 11) is -6.66. The Kier molecular flexibility index (Phi) is 3.63. The molecule has 2 saturated heterocycles. The third-order valence-electron chi connectivity index (χ3n) is 5.25. The first-order valence-electron chi connectivity index (χ1n) is 7.96. The van der Waals surface area contributed by atoms with Crippen molar-refractivity contribution in [2.45, 2.75) is 29.3 Å². The Bertz CT molecular complexity index is 830. The smallest absolute Gasteiger partial charge is 0.316 e. The molecule has 0 unspecified atom stereocenters. The Balaban J connectivity index is 1.49. The largest absolute Gasteiger partial charge is 0.463 e. The predicted molar refractivity (Wildman–Crippen MR) is 85.7 cm³/mol. The maximum absolute atomic E-state index is 12.5. The molecule has 3 heterocycles. The highest BCUT2D eigenvalue weighted by Crippen LogP contribution is 2.47. The minimum absolute atomic E-state index is 0.0534. The first-order chi connectivity index (χ1) is 11.4. The topological polar surface area (TPSA) is 107 Å². The minimum Gasteiger partial charge on any atom is -0.463 e. The zero-order chi connectivity index (χ0) is 17.0. The molecule has 0 radical (unpaired) electrons. The highest BCUT2D eigenvalue weighted by molar-refractivity contribution is 7.93. The molecular weight excluding hydrogens is 354 g/mol. The van der Waals surface area contributed by atoms with Gasteiger partial charge in [-0.25, -0.2) is 26.8 Å². The molecule has 0 aromatic carbocycles. The molecule has 1 aromatic heterocycles. The van der Waals surface area contributed by atoms with Gasteiger partial charge in [0.15, 0.2) is 9.84 Å². The number of sulfone groups is 1. The molecule has 1 atom stereocenters. The second-order valence-corrected chi connectivity index (χ2v) is 11.4. The molecule has 2 aliphatic heterocycles. The average molecular weight is 373 g/mol. The van der Waals surface area contributed by atoms with Crippen LogP contribution in [0.15, 0.2) is 18.5 Å². The predicted octanol–water partition coefficient (Wildman–Crippen LogP) is -0.163. The highest BCUT2D eigenvalue weighted by Gasteiger charge is 2.65. The van der Waals surface area contributed by atoms with Crippen molar-refractivity contribution in [3.63, 3.8) is 0 Å². The van der Waals surface area contributed by atoms with Crippen LogP contribution in [-0.4, -0.2) is 66.6 Å². The van der Waals surface area contributed by atoms with Gasteiger partial charge in [0.05, 0.1) is 17.6 Å². The maximum atomic E-state index is 12.5. The molecular formula is C14H19N3O5S2. The molecule has 0 amide bonds. The van der Waals surface area contributed by atoms with E-state index in [0.717, 1.165) is 0 Å². The van der Waals surface area contributed by atoms with E-state index in [-0.39, 0.29) is 42.6 Å². The van der Waals surface area contributed by atoms with Crippen molar-refractivity contribution in [2.75, 3.05) is 25.4 Å².